The SMILES string of the molecule is Cc1ccc(OC(=O)/C=C/c2ccc(C)cc2F)cc1. The summed E-state index contributed by atoms with van der Waals surface area (Å²) in [6.45, 7) is 3.76. The van der Waals surface area contributed by atoms with Gasteiger partial charge < -0.3 is 4.74 Å². The summed E-state index contributed by atoms with van der Waals surface area (Å²) in [5.41, 5.74) is 2.28. The largest absolute Gasteiger partial charge is 0.423 e. The summed E-state index contributed by atoms with van der Waals surface area (Å²) in [5, 5.41) is 0. The lowest BCUT2D eigenvalue weighted by atomic mass is 10.1. The highest BCUT2D eigenvalue weighted by molar-refractivity contribution is 5.88. The molecule has 0 fully saturated rings. The number of carbonyl (C=O) groups is 1. The Hall–Kier alpha value is -2.42. The van der Waals surface area contributed by atoms with E-state index in [1.807, 2.05) is 26.0 Å². The van der Waals surface area contributed by atoms with Gasteiger partial charge in [0, 0.05) is 11.6 Å². The number of benzene rings is 2. The summed E-state index contributed by atoms with van der Waals surface area (Å²) in [6.07, 6.45) is 2.62. The predicted octanol–water partition coefficient (Wildman–Crippen LogP) is 4.06. The maximum Gasteiger partial charge on any atom is 0.336 e. The molecule has 0 saturated heterocycles. The van der Waals surface area contributed by atoms with Crippen molar-refractivity contribution in [2.45, 2.75) is 13.8 Å². The third kappa shape index (κ3) is 3.79. The van der Waals surface area contributed by atoms with Gasteiger partial charge in [0.25, 0.3) is 0 Å². The Labute approximate surface area is 117 Å². The van der Waals surface area contributed by atoms with Crippen molar-refractivity contribution in [1.82, 2.24) is 0 Å². The Morgan fingerprint density at radius 1 is 1.05 bits per heavy atom. The van der Waals surface area contributed by atoms with E-state index >= 15 is 0 Å². The van der Waals surface area contributed by atoms with Gasteiger partial charge in [0.05, 0.1) is 0 Å². The van der Waals surface area contributed by atoms with Gasteiger partial charge in [0.2, 0.25) is 0 Å². The molecular weight excluding hydrogens is 255 g/mol. The molecule has 0 amide bonds. The lowest BCUT2D eigenvalue weighted by Gasteiger charge is -2.01. The average molecular weight is 270 g/mol. The minimum absolute atomic E-state index is 0.357. The van der Waals surface area contributed by atoms with Crippen molar-refractivity contribution in [3.05, 3.63) is 71.0 Å². The van der Waals surface area contributed by atoms with Crippen LogP contribution in [0.2, 0.25) is 0 Å². The summed E-state index contributed by atoms with van der Waals surface area (Å²) >= 11 is 0. The molecule has 0 aliphatic rings. The van der Waals surface area contributed by atoms with E-state index in [1.54, 1.807) is 24.3 Å². The molecule has 2 aromatic rings. The van der Waals surface area contributed by atoms with Crippen LogP contribution >= 0.6 is 0 Å². The second-order valence-corrected chi connectivity index (χ2v) is 4.59. The minimum Gasteiger partial charge on any atom is -0.423 e. The van der Waals surface area contributed by atoms with Crippen LogP contribution in [0, 0.1) is 19.7 Å². The molecule has 0 saturated carbocycles. The molecule has 0 spiro atoms. The Morgan fingerprint density at radius 3 is 2.35 bits per heavy atom. The highest BCUT2D eigenvalue weighted by atomic mass is 19.1. The van der Waals surface area contributed by atoms with E-state index < -0.39 is 5.97 Å². The van der Waals surface area contributed by atoms with Gasteiger partial charge in [-0.1, -0.05) is 29.8 Å². The second kappa shape index (κ2) is 6.15. The fraction of sp³-hybridized carbons (Fsp3) is 0.118. The van der Waals surface area contributed by atoms with E-state index in [9.17, 15) is 9.18 Å². The quantitative estimate of drug-likeness (QED) is 0.477. The van der Waals surface area contributed by atoms with E-state index in [-0.39, 0.29) is 5.82 Å². The Balaban J connectivity index is 2.03. The van der Waals surface area contributed by atoms with Crippen molar-refractivity contribution in [2.75, 3.05) is 0 Å². The topological polar surface area (TPSA) is 26.3 Å². The lowest BCUT2D eigenvalue weighted by molar-refractivity contribution is -0.128. The molecule has 0 aromatic heterocycles. The van der Waals surface area contributed by atoms with Crippen LogP contribution in [0.4, 0.5) is 4.39 Å². The van der Waals surface area contributed by atoms with Crippen LogP contribution in [-0.2, 0) is 4.79 Å². The standard InChI is InChI=1S/C17H15FO2/c1-12-4-8-15(9-5-12)20-17(19)10-7-14-6-3-13(2)11-16(14)18/h3-11H,1-2H3/b10-7+. The molecule has 2 nitrogen and oxygen atoms in total. The molecule has 2 aromatic carbocycles. The number of hydrogen-bond acceptors (Lipinski definition) is 2. The van der Waals surface area contributed by atoms with Crippen LogP contribution in [0.5, 0.6) is 5.75 Å². The number of ether oxygens (including phenoxy) is 1. The molecule has 3 heteroatoms. The van der Waals surface area contributed by atoms with Crippen molar-refractivity contribution >= 4 is 12.0 Å². The van der Waals surface area contributed by atoms with Crippen molar-refractivity contribution < 1.29 is 13.9 Å². The number of esters is 1. The first-order valence-electron chi connectivity index (χ1n) is 6.27. The smallest absolute Gasteiger partial charge is 0.336 e. The van der Waals surface area contributed by atoms with Crippen molar-refractivity contribution in [3.8, 4) is 5.75 Å². The van der Waals surface area contributed by atoms with Gasteiger partial charge in [-0.2, -0.15) is 0 Å². The first-order chi connectivity index (χ1) is 9.54. The fourth-order valence-corrected chi connectivity index (χ4v) is 1.68. The molecule has 0 atom stereocenters. The highest BCUT2D eigenvalue weighted by Gasteiger charge is 2.02. The fourth-order valence-electron chi connectivity index (χ4n) is 1.68. The van der Waals surface area contributed by atoms with Crippen LogP contribution in [-0.4, -0.2) is 5.97 Å². The second-order valence-electron chi connectivity index (χ2n) is 4.59. The number of halogens is 1. The van der Waals surface area contributed by atoms with E-state index in [4.69, 9.17) is 4.74 Å². The normalized spacial score (nSPS) is 10.8. The zero-order chi connectivity index (χ0) is 14.5. The van der Waals surface area contributed by atoms with Crippen LogP contribution in [0.3, 0.4) is 0 Å². The molecule has 0 aliphatic carbocycles. The van der Waals surface area contributed by atoms with Gasteiger partial charge in [0.1, 0.15) is 11.6 Å². The van der Waals surface area contributed by atoms with Crippen LogP contribution in [0.15, 0.2) is 48.5 Å². The maximum atomic E-state index is 13.6. The van der Waals surface area contributed by atoms with E-state index in [0.717, 1.165) is 11.1 Å². The number of rotatable bonds is 3. The van der Waals surface area contributed by atoms with Gasteiger partial charge in [-0.15, -0.1) is 0 Å². The Bertz CT molecular complexity index is 643. The minimum atomic E-state index is -0.533. The number of hydrogen-bond donors (Lipinski definition) is 0. The highest BCUT2D eigenvalue weighted by Crippen LogP contribution is 2.13. The molecule has 0 unspecified atom stereocenters. The molecular formula is C17H15FO2. The summed E-state index contributed by atoms with van der Waals surface area (Å²) in [7, 11) is 0. The van der Waals surface area contributed by atoms with Gasteiger partial charge in [-0.25, -0.2) is 9.18 Å². The maximum absolute atomic E-state index is 13.6. The van der Waals surface area contributed by atoms with Crippen molar-refractivity contribution in [1.29, 1.82) is 0 Å². The summed E-state index contributed by atoms with van der Waals surface area (Å²) in [5.74, 6) is -0.423. The van der Waals surface area contributed by atoms with Crippen LogP contribution in [0.1, 0.15) is 16.7 Å². The number of carbonyl (C=O) groups excluding carboxylic acids is 1. The van der Waals surface area contributed by atoms with Crippen molar-refractivity contribution in [3.63, 3.8) is 0 Å². The zero-order valence-electron chi connectivity index (χ0n) is 11.4. The molecule has 102 valence electrons. The number of aryl methyl sites for hydroxylation is 2. The average Bonchev–Trinajstić information content (AvgIpc) is 2.40. The molecule has 0 radical (unpaired) electrons. The first kappa shape index (κ1) is 14.0. The van der Waals surface area contributed by atoms with E-state index in [0.29, 0.717) is 11.3 Å². The summed E-state index contributed by atoms with van der Waals surface area (Å²) in [4.78, 5) is 11.6. The molecule has 2 rings (SSSR count). The van der Waals surface area contributed by atoms with Gasteiger partial charge >= 0.3 is 5.97 Å². The van der Waals surface area contributed by atoms with Gasteiger partial charge in [0.15, 0.2) is 0 Å². The third-order valence-corrected chi connectivity index (χ3v) is 2.79. The van der Waals surface area contributed by atoms with Crippen molar-refractivity contribution in [2.24, 2.45) is 0 Å². The first-order valence-corrected chi connectivity index (χ1v) is 6.27. The molecule has 0 N–H and O–H groups in total. The Kier molecular flexibility index (Phi) is 4.31. The molecule has 0 aliphatic heterocycles. The van der Waals surface area contributed by atoms with E-state index in [1.165, 1.54) is 18.2 Å². The van der Waals surface area contributed by atoms with Crippen LogP contribution < -0.4 is 4.74 Å². The summed E-state index contributed by atoms with van der Waals surface area (Å²) in [6, 6.07) is 12.0. The molecule has 0 heterocycles. The Morgan fingerprint density at radius 2 is 1.70 bits per heavy atom. The molecule has 20 heavy (non-hydrogen) atoms. The third-order valence-electron chi connectivity index (χ3n) is 2.79. The van der Waals surface area contributed by atoms with E-state index in [2.05, 4.69) is 0 Å². The monoisotopic (exact) mass is 270 g/mol. The zero-order valence-corrected chi connectivity index (χ0v) is 11.4. The predicted molar refractivity (Wildman–Crippen MR) is 77.0 cm³/mol. The lowest BCUT2D eigenvalue weighted by Crippen LogP contribution is -2.03. The summed E-state index contributed by atoms with van der Waals surface area (Å²) < 4.78 is 18.7. The van der Waals surface area contributed by atoms with Gasteiger partial charge in [-0.3, -0.25) is 0 Å². The van der Waals surface area contributed by atoms with Gasteiger partial charge in [-0.05, 0) is 43.7 Å². The molecule has 0 bridgehead atoms. The van der Waals surface area contributed by atoms with Crippen LogP contribution in [0.25, 0.3) is 6.08 Å².